The van der Waals surface area contributed by atoms with Crippen molar-refractivity contribution in [1.29, 1.82) is 0 Å². The van der Waals surface area contributed by atoms with Crippen molar-refractivity contribution >= 4 is 91.7 Å². The maximum atomic E-state index is 15.7. The monoisotopic (exact) mass is 1600 g/mol. The molecule has 5 fully saturated rings. The molecule has 4 aromatic carbocycles. The standard InChI is InChI=1S/C83H97N13O18S/c1-47-57-36-94(37-58-53(57)12-10-13-55(58)72(104)92-78-89-59-14-7-8-16-62(59)115-78)63-27-26-54(68(90-63)75(107)108)56-34-86-96(48(56)2)46-82-41-80(3)40-81(4,42-82)44-83(43-80,45-82)112-33-32-93(35-49-20-24-52(25-21-49)113-76-71(103)70(102)69(101)61(38-97)114-76)79(110)111-39-50-18-22-51(23-19-50)87-73(105)60(15-11-30-85-77(84)109)88-74(106)67(47)91-64(98)17-6-5-9-31-95-65(99)28-29-66(95)100/h7-8,10,12-14,16,18-29,34,47,57,60-61,67,69-71,76,97,101-103H,5-6,9,11,15,17,30-33,35-46H2,1-4H3,(H,87,105)(H,88,106)(H,91,98)(H,107,108)(H3,84,85,109)(H,89,92,104)/t47?,57?,60-,61+,67-,69+,70-,71+,76+,80?,81?,82?,83?/m0/s1. The van der Waals surface area contributed by atoms with Gasteiger partial charge in [-0.2, -0.15) is 5.10 Å². The van der Waals surface area contributed by atoms with Crippen molar-refractivity contribution in [2.75, 3.05) is 54.9 Å². The van der Waals surface area contributed by atoms with Gasteiger partial charge in [0, 0.05) is 98.4 Å². The van der Waals surface area contributed by atoms with E-state index < -0.39 is 120 Å². The van der Waals surface area contributed by atoms with E-state index in [1.165, 1.54) is 28.4 Å². The molecule has 115 heavy (non-hydrogen) atoms. The van der Waals surface area contributed by atoms with Crippen molar-refractivity contribution in [1.82, 2.24) is 45.5 Å². The van der Waals surface area contributed by atoms with Gasteiger partial charge in [0.1, 0.15) is 54.7 Å². The number of primary amides is 1. The number of hydrogen-bond acceptors (Lipinski definition) is 22. The lowest BCUT2D eigenvalue weighted by molar-refractivity contribution is -0.277. The molecular formula is C83H97N13O18S. The first kappa shape index (κ1) is 80.9. The van der Waals surface area contributed by atoms with Crippen LogP contribution in [0.3, 0.4) is 0 Å². The van der Waals surface area contributed by atoms with E-state index in [1.54, 1.807) is 85.9 Å². The molecule has 11 atom stereocenters. The number of hydrogen-bond donors (Lipinski definition) is 11. The predicted octanol–water partition coefficient (Wildman–Crippen LogP) is 7.56. The minimum atomic E-state index is -1.66. The fourth-order valence-corrected chi connectivity index (χ4v) is 20.1. The number of nitrogens with two attached hydrogens (primary N) is 1. The van der Waals surface area contributed by atoms with Crippen LogP contribution in [-0.2, 0) is 64.4 Å². The highest BCUT2D eigenvalue weighted by Gasteiger charge is 2.66. The molecule has 1 saturated heterocycles. The molecule has 4 unspecified atom stereocenters. The second-order valence-corrected chi connectivity index (χ2v) is 33.7. The smallest absolute Gasteiger partial charge is 0.410 e. The molecule has 32 heteroatoms. The summed E-state index contributed by atoms with van der Waals surface area (Å²) in [5.41, 5.74) is 9.20. The van der Waals surface area contributed by atoms with Gasteiger partial charge in [-0.25, -0.2) is 24.4 Å². The number of aliphatic hydroxyl groups excluding tert-OH is 4. The zero-order valence-electron chi connectivity index (χ0n) is 64.5. The van der Waals surface area contributed by atoms with E-state index in [-0.39, 0.29) is 111 Å². The van der Waals surface area contributed by atoms with Crippen molar-refractivity contribution in [3.8, 4) is 16.9 Å². The first-order chi connectivity index (χ1) is 55.0. The number of nitrogens with one attached hydrogen (secondary N) is 5. The number of rotatable bonds is 19. The highest BCUT2D eigenvalue weighted by molar-refractivity contribution is 7.22. The molecule has 7 aromatic rings. The number of amides is 9. The Balaban J connectivity index is 0.807. The SMILES string of the molecule is Cc1c2cnn1CC13CC4(C)CC(C)(C1)CC(C4)(C3)OCCN(Cc1ccc(O[C@@H]3O[C@H](CO)[C@@H](O)[C@H](O)[C@H]3O)cc1)C(=O)OCc1ccc(cc1)NC(=O)[C@H](CCCNC(N)=O)NC(=O)[C@@H](NC(=O)CCCCCN1C(=O)C=CC1=O)C(C)C1CN(Cc3c(C(=O)Nc4nc5ccccc5s4)cccc31)c1ccc-2c(C(=O)O)n1. The number of carboxylic acid groups (broad SMARTS) is 1. The van der Waals surface area contributed by atoms with Gasteiger partial charge in [0.25, 0.3) is 17.7 Å². The molecule has 7 aliphatic heterocycles. The predicted molar refractivity (Wildman–Crippen MR) is 421 cm³/mol. The highest BCUT2D eigenvalue weighted by atomic mass is 32.1. The summed E-state index contributed by atoms with van der Waals surface area (Å²) in [4.78, 5) is 139. The number of imide groups is 1. The Bertz CT molecular complexity index is 4830. The van der Waals surface area contributed by atoms with Crippen LogP contribution < -0.4 is 42.0 Å². The second-order valence-electron chi connectivity index (χ2n) is 32.7. The number of fused-ring (bicyclic) bond motifs is 2. The topological polar surface area (TPSA) is 431 Å². The Morgan fingerprint density at radius 1 is 0.800 bits per heavy atom. The average molecular weight is 1600 g/mol. The van der Waals surface area contributed by atoms with E-state index in [1.807, 2.05) is 46.8 Å². The van der Waals surface area contributed by atoms with E-state index in [2.05, 4.69) is 45.4 Å². The number of aliphatic hydroxyl groups is 4. The minimum absolute atomic E-state index is 0.0155. The van der Waals surface area contributed by atoms with Crippen LogP contribution in [0.5, 0.6) is 5.75 Å². The third-order valence-corrected chi connectivity index (χ3v) is 24.6. The number of ether oxygens (including phenoxy) is 4. The lowest BCUT2D eigenvalue weighted by Crippen LogP contribution is -2.64. The van der Waals surface area contributed by atoms with E-state index in [0.29, 0.717) is 87.6 Å². The Morgan fingerprint density at radius 2 is 1.55 bits per heavy atom. The zero-order valence-corrected chi connectivity index (χ0v) is 65.3. The number of urea groups is 1. The number of carboxylic acids is 1. The molecule has 12 N–H and O–H groups in total. The largest absolute Gasteiger partial charge is 0.476 e. The molecule has 11 aliphatic rings. The van der Waals surface area contributed by atoms with Gasteiger partial charge < -0.3 is 81.3 Å². The first-order valence-corrected chi connectivity index (χ1v) is 39.9. The summed E-state index contributed by atoms with van der Waals surface area (Å²) in [6.07, 6.45) is 2.03. The van der Waals surface area contributed by atoms with Gasteiger partial charge in [-0.1, -0.05) is 87.1 Å². The maximum absolute atomic E-state index is 15.7. The number of aromatic carboxylic acids is 1. The number of pyridine rings is 1. The van der Waals surface area contributed by atoms with Crippen LogP contribution in [-0.4, -0.2) is 196 Å². The van der Waals surface area contributed by atoms with Gasteiger partial charge in [0.15, 0.2) is 10.8 Å². The van der Waals surface area contributed by atoms with Gasteiger partial charge >= 0.3 is 18.1 Å². The lowest BCUT2D eigenvalue weighted by Gasteiger charge is -2.69. The molecular weight excluding hydrogens is 1500 g/mol. The van der Waals surface area contributed by atoms with Crippen LogP contribution in [0.25, 0.3) is 21.3 Å². The van der Waals surface area contributed by atoms with E-state index >= 15 is 4.79 Å². The van der Waals surface area contributed by atoms with Crippen LogP contribution in [0, 0.1) is 29.1 Å². The first-order valence-electron chi connectivity index (χ1n) is 39.0. The van der Waals surface area contributed by atoms with Gasteiger partial charge in [-0.3, -0.25) is 43.7 Å². The van der Waals surface area contributed by atoms with E-state index in [4.69, 9.17) is 34.8 Å². The lowest BCUT2D eigenvalue weighted by atomic mass is 9.39. The summed E-state index contributed by atoms with van der Waals surface area (Å²) >= 11 is 1.30. The van der Waals surface area contributed by atoms with Gasteiger partial charge in [0.05, 0.1) is 35.2 Å². The molecule has 2 spiro atoms. The molecule has 9 amide bonds. The van der Waals surface area contributed by atoms with Crippen molar-refractivity contribution < 1.29 is 87.6 Å². The summed E-state index contributed by atoms with van der Waals surface area (Å²) < 4.78 is 27.6. The van der Waals surface area contributed by atoms with Gasteiger partial charge in [0.2, 0.25) is 24.0 Å². The highest BCUT2D eigenvalue weighted by Crippen LogP contribution is 2.72. The summed E-state index contributed by atoms with van der Waals surface area (Å²) in [6.45, 7) is 8.52. The normalized spacial score (nSPS) is 27.6. The fraction of sp³-hybridized carbons (Fsp3) is 0.470. The quantitative estimate of drug-likeness (QED) is 0.0275. The maximum Gasteiger partial charge on any atom is 0.410 e. The third kappa shape index (κ3) is 17.9. The Hall–Kier alpha value is -10.7. The van der Waals surface area contributed by atoms with Gasteiger partial charge in [-0.15, -0.1) is 0 Å². The van der Waals surface area contributed by atoms with Crippen molar-refractivity contribution in [3.63, 3.8) is 0 Å². The Labute approximate surface area is 667 Å². The number of nitrogens with zero attached hydrogens (tertiary/aromatic N) is 7. The summed E-state index contributed by atoms with van der Waals surface area (Å²) in [7, 11) is 0. The number of carbonyl (C=O) groups excluding carboxylic acids is 8. The van der Waals surface area contributed by atoms with Crippen LogP contribution in [0.15, 0.2) is 121 Å². The van der Waals surface area contributed by atoms with Crippen LogP contribution >= 0.6 is 11.3 Å². The number of para-hydroxylation sites is 1. The molecule has 608 valence electrons. The zero-order chi connectivity index (χ0) is 81.3. The molecule has 4 saturated carbocycles. The minimum Gasteiger partial charge on any atom is -0.476 e. The third-order valence-electron chi connectivity index (χ3n) is 23.6. The number of benzene rings is 4. The molecule has 12 bridgehead atoms. The summed E-state index contributed by atoms with van der Waals surface area (Å²) in [5.74, 6) is -5.87. The molecule has 18 rings (SSSR count). The fourth-order valence-electron chi connectivity index (χ4n) is 19.3. The van der Waals surface area contributed by atoms with E-state index in [9.17, 15) is 63.9 Å². The number of anilines is 3. The molecule has 4 aliphatic carbocycles. The summed E-state index contributed by atoms with van der Waals surface area (Å²) in [6, 6.07) is 25.7. The van der Waals surface area contributed by atoms with Crippen LogP contribution in [0.4, 0.5) is 26.2 Å². The second kappa shape index (κ2) is 33.6. The van der Waals surface area contributed by atoms with E-state index in [0.717, 1.165) is 41.7 Å². The Kier molecular flexibility index (Phi) is 23.6. The number of carbonyl (C=O) groups is 9. The Morgan fingerprint density at radius 3 is 2.27 bits per heavy atom. The number of thiazole rings is 1. The molecule has 31 nitrogen and oxygen atoms in total. The molecule has 0 radical (unpaired) electrons. The number of unbranched alkanes of at least 4 members (excludes halogenated alkanes) is 2. The molecule has 3 aromatic heterocycles. The molecule has 10 heterocycles. The van der Waals surface area contributed by atoms with Crippen LogP contribution in [0.2, 0.25) is 0 Å². The van der Waals surface area contributed by atoms with Crippen molar-refractivity contribution in [2.24, 2.45) is 27.9 Å². The average Bonchev–Trinajstić information content (AvgIpc) is 0.961. The number of aromatic nitrogens is 4. The van der Waals surface area contributed by atoms with Crippen LogP contribution in [0.1, 0.15) is 153 Å². The van der Waals surface area contributed by atoms with Crippen molar-refractivity contribution in [3.05, 3.63) is 161 Å². The summed E-state index contributed by atoms with van der Waals surface area (Å²) in [5, 5.41) is 72.4. The van der Waals surface area contributed by atoms with Gasteiger partial charge in [-0.05, 0) is 170 Å². The van der Waals surface area contributed by atoms with Crippen molar-refractivity contribution in [2.45, 2.75) is 185 Å².